The molecule has 0 aromatic carbocycles. The predicted molar refractivity (Wildman–Crippen MR) is 198 cm³/mol. The average Bonchev–Trinajstić information content (AvgIpc) is 3.07. The lowest BCUT2D eigenvalue weighted by Gasteiger charge is -2.19. The van der Waals surface area contributed by atoms with Crippen LogP contribution in [0, 0.1) is 0 Å². The van der Waals surface area contributed by atoms with E-state index < -0.39 is 26.5 Å². The molecule has 284 valence electrons. The van der Waals surface area contributed by atoms with Crippen molar-refractivity contribution in [1.29, 1.82) is 0 Å². The first kappa shape index (κ1) is 46.8. The molecule has 0 aromatic rings. The van der Waals surface area contributed by atoms with Crippen molar-refractivity contribution in [2.75, 3.05) is 20.3 Å². The quantitative estimate of drug-likeness (QED) is 0.0295. The maximum absolute atomic E-state index is 12.5. The molecule has 8 nitrogen and oxygen atoms in total. The topological polar surface area (TPSA) is 108 Å². The van der Waals surface area contributed by atoms with Crippen molar-refractivity contribution in [3.05, 3.63) is 12.2 Å². The molecule has 0 aliphatic heterocycles. The molecule has 0 aromatic heterocycles. The van der Waals surface area contributed by atoms with Gasteiger partial charge in [-0.15, -0.1) is 0 Å². The Morgan fingerprint density at radius 2 is 0.938 bits per heavy atom. The van der Waals surface area contributed by atoms with E-state index in [0.29, 0.717) is 12.8 Å². The van der Waals surface area contributed by atoms with E-state index in [1.165, 1.54) is 122 Å². The molecule has 0 bridgehead atoms. The first-order valence-corrected chi connectivity index (χ1v) is 21.4. The van der Waals surface area contributed by atoms with Crippen LogP contribution in [-0.2, 0) is 32.7 Å². The van der Waals surface area contributed by atoms with Crippen LogP contribution in [0.5, 0.6) is 0 Å². The summed E-state index contributed by atoms with van der Waals surface area (Å²) in [5, 5.41) is 0. The van der Waals surface area contributed by atoms with Crippen LogP contribution in [0.2, 0.25) is 0 Å². The zero-order valence-corrected chi connectivity index (χ0v) is 32.3. The van der Waals surface area contributed by atoms with Gasteiger partial charge in [-0.3, -0.25) is 18.6 Å². The molecular weight excluding hydrogens is 627 g/mol. The lowest BCUT2D eigenvalue weighted by molar-refractivity contribution is -0.161. The van der Waals surface area contributed by atoms with Crippen molar-refractivity contribution in [2.24, 2.45) is 0 Å². The van der Waals surface area contributed by atoms with Gasteiger partial charge in [-0.1, -0.05) is 161 Å². The van der Waals surface area contributed by atoms with Crippen molar-refractivity contribution in [3.8, 4) is 0 Å². The average molecular weight is 703 g/mol. The molecule has 9 heteroatoms. The summed E-state index contributed by atoms with van der Waals surface area (Å²) in [6.45, 7) is 3.88. The molecule has 1 N–H and O–H groups in total. The summed E-state index contributed by atoms with van der Waals surface area (Å²) in [6.07, 6.45) is 36.9. The van der Waals surface area contributed by atoms with Crippen LogP contribution in [0.4, 0.5) is 0 Å². The summed E-state index contributed by atoms with van der Waals surface area (Å²) in [5.41, 5.74) is 0. The van der Waals surface area contributed by atoms with Crippen LogP contribution in [-0.4, -0.2) is 43.3 Å². The molecule has 0 amide bonds. The molecule has 0 spiro atoms. The van der Waals surface area contributed by atoms with E-state index in [1.54, 1.807) is 0 Å². The number of hydrogen-bond donors (Lipinski definition) is 1. The Morgan fingerprint density at radius 3 is 1.35 bits per heavy atom. The SMILES string of the molecule is CCCCCCCCC/C=C\CCCCCCCCCC(=O)OC(COC(=O)CCCCCCCCCCCCC)COP(=O)(O)OC. The van der Waals surface area contributed by atoms with Crippen LogP contribution in [0.25, 0.3) is 0 Å². The van der Waals surface area contributed by atoms with Crippen LogP contribution in [0.3, 0.4) is 0 Å². The van der Waals surface area contributed by atoms with E-state index in [-0.39, 0.29) is 19.0 Å². The highest BCUT2D eigenvalue weighted by Crippen LogP contribution is 2.42. The van der Waals surface area contributed by atoms with E-state index in [9.17, 15) is 19.0 Å². The highest BCUT2D eigenvalue weighted by atomic mass is 31.2. The molecule has 0 radical (unpaired) electrons. The molecule has 2 atom stereocenters. The minimum Gasteiger partial charge on any atom is -0.462 e. The number of carbonyl (C=O) groups excluding carboxylic acids is 2. The Kier molecular flexibility index (Phi) is 34.7. The summed E-state index contributed by atoms with van der Waals surface area (Å²) in [6, 6.07) is 0. The summed E-state index contributed by atoms with van der Waals surface area (Å²) >= 11 is 0. The van der Waals surface area contributed by atoms with Gasteiger partial charge in [0.2, 0.25) is 0 Å². The van der Waals surface area contributed by atoms with Gasteiger partial charge in [-0.25, -0.2) is 4.57 Å². The van der Waals surface area contributed by atoms with Gasteiger partial charge in [0.05, 0.1) is 6.61 Å². The molecular formula is C39H75O8P. The fraction of sp³-hybridized carbons (Fsp3) is 0.897. The van der Waals surface area contributed by atoms with Gasteiger partial charge >= 0.3 is 19.8 Å². The number of rotatable bonds is 37. The van der Waals surface area contributed by atoms with Gasteiger partial charge in [0.1, 0.15) is 6.61 Å². The van der Waals surface area contributed by atoms with Gasteiger partial charge in [0.15, 0.2) is 6.10 Å². The Labute approximate surface area is 295 Å². The largest absolute Gasteiger partial charge is 0.472 e. The standard InChI is InChI=1S/C39H75O8P/c1-4-6-8-10-12-14-16-17-18-19-20-21-22-24-26-28-30-32-34-39(41)47-37(36-46-48(42,43)44-3)35-45-38(40)33-31-29-27-25-23-15-13-11-9-7-5-2/h18-19,37H,4-17,20-36H2,1-3H3,(H,42,43)/b19-18-. The second kappa shape index (κ2) is 35.6. The smallest absolute Gasteiger partial charge is 0.462 e. The summed E-state index contributed by atoms with van der Waals surface area (Å²) in [7, 11) is -3.19. The molecule has 0 aliphatic rings. The first-order valence-electron chi connectivity index (χ1n) is 19.9. The van der Waals surface area contributed by atoms with E-state index in [1.807, 2.05) is 0 Å². The summed E-state index contributed by atoms with van der Waals surface area (Å²) in [4.78, 5) is 34.3. The normalized spacial score (nSPS) is 13.5. The van der Waals surface area contributed by atoms with Crippen molar-refractivity contribution < 1.29 is 37.6 Å². The van der Waals surface area contributed by atoms with Crippen LogP contribution in [0.15, 0.2) is 12.2 Å². The van der Waals surface area contributed by atoms with Crippen LogP contribution >= 0.6 is 7.82 Å². The molecule has 2 unspecified atom stereocenters. The zero-order chi connectivity index (χ0) is 35.4. The first-order chi connectivity index (χ1) is 23.3. The third kappa shape index (κ3) is 34.6. The number of esters is 2. The van der Waals surface area contributed by atoms with E-state index in [0.717, 1.165) is 52.1 Å². The van der Waals surface area contributed by atoms with Crippen molar-refractivity contribution >= 4 is 19.8 Å². The maximum atomic E-state index is 12.5. The van der Waals surface area contributed by atoms with Crippen LogP contribution in [0.1, 0.15) is 200 Å². The monoisotopic (exact) mass is 703 g/mol. The molecule has 48 heavy (non-hydrogen) atoms. The zero-order valence-electron chi connectivity index (χ0n) is 31.4. The van der Waals surface area contributed by atoms with Crippen molar-refractivity contribution in [2.45, 2.75) is 206 Å². The highest BCUT2D eigenvalue weighted by molar-refractivity contribution is 7.47. The Bertz CT molecular complexity index is 803. The van der Waals surface area contributed by atoms with E-state index in [2.05, 4.69) is 30.5 Å². The fourth-order valence-corrected chi connectivity index (χ4v) is 6.11. The van der Waals surface area contributed by atoms with Crippen molar-refractivity contribution in [3.63, 3.8) is 0 Å². The predicted octanol–water partition coefficient (Wildman–Crippen LogP) is 12.1. The number of phosphoric ester groups is 1. The second-order valence-corrected chi connectivity index (χ2v) is 15.0. The number of ether oxygens (including phenoxy) is 2. The minimum atomic E-state index is -4.25. The summed E-state index contributed by atoms with van der Waals surface area (Å²) in [5.74, 6) is -0.802. The van der Waals surface area contributed by atoms with Gasteiger partial charge in [-0.05, 0) is 38.5 Å². The Morgan fingerprint density at radius 1 is 0.562 bits per heavy atom. The van der Waals surface area contributed by atoms with E-state index in [4.69, 9.17) is 14.0 Å². The molecule has 0 heterocycles. The molecule has 0 saturated heterocycles. The second-order valence-electron chi connectivity index (χ2n) is 13.4. The number of allylic oxidation sites excluding steroid dienone is 2. The third-order valence-corrected chi connectivity index (χ3v) is 9.70. The summed E-state index contributed by atoms with van der Waals surface area (Å²) < 4.78 is 31.9. The van der Waals surface area contributed by atoms with E-state index >= 15 is 0 Å². The molecule has 0 fully saturated rings. The maximum Gasteiger partial charge on any atom is 0.472 e. The number of hydrogen-bond acceptors (Lipinski definition) is 7. The highest BCUT2D eigenvalue weighted by Gasteiger charge is 2.24. The number of unbranched alkanes of at least 4 members (excludes halogenated alkanes) is 24. The Balaban J connectivity index is 4.00. The fourth-order valence-electron chi connectivity index (χ4n) is 5.65. The third-order valence-electron chi connectivity index (χ3n) is 8.76. The molecule has 0 rings (SSSR count). The van der Waals surface area contributed by atoms with Crippen molar-refractivity contribution in [1.82, 2.24) is 0 Å². The van der Waals surface area contributed by atoms with Crippen LogP contribution < -0.4 is 0 Å². The van der Waals surface area contributed by atoms with Gasteiger partial charge in [0.25, 0.3) is 0 Å². The number of carbonyl (C=O) groups is 2. The lowest BCUT2D eigenvalue weighted by Crippen LogP contribution is -2.29. The minimum absolute atomic E-state index is 0.222. The number of phosphoric acid groups is 1. The van der Waals surface area contributed by atoms with Gasteiger partial charge in [-0.2, -0.15) is 0 Å². The van der Waals surface area contributed by atoms with Gasteiger partial charge < -0.3 is 14.4 Å². The lowest BCUT2D eigenvalue weighted by atomic mass is 10.1. The van der Waals surface area contributed by atoms with Gasteiger partial charge in [0, 0.05) is 20.0 Å². The Hall–Kier alpha value is -1.21. The molecule has 0 aliphatic carbocycles. The molecule has 0 saturated carbocycles.